The molecular formula is C25H32N2O4. The van der Waals surface area contributed by atoms with E-state index in [9.17, 15) is 14.7 Å². The van der Waals surface area contributed by atoms with Crippen LogP contribution < -0.4 is 9.64 Å². The van der Waals surface area contributed by atoms with Crippen molar-refractivity contribution in [1.82, 2.24) is 4.90 Å². The Bertz CT molecular complexity index is 854. The fourth-order valence-electron chi connectivity index (χ4n) is 4.33. The third-order valence-corrected chi connectivity index (χ3v) is 6.23. The van der Waals surface area contributed by atoms with Gasteiger partial charge in [0.1, 0.15) is 5.75 Å². The van der Waals surface area contributed by atoms with E-state index < -0.39 is 5.97 Å². The van der Waals surface area contributed by atoms with Crippen LogP contribution in [0, 0.1) is 11.8 Å². The summed E-state index contributed by atoms with van der Waals surface area (Å²) in [5, 5.41) is 9.35. The lowest BCUT2D eigenvalue weighted by molar-refractivity contribution is -0.139. The van der Waals surface area contributed by atoms with Gasteiger partial charge in [-0.05, 0) is 54.5 Å². The number of carbonyl (C=O) groups excluding carboxylic acids is 1. The Hall–Kier alpha value is -3.02. The fraction of sp³-hybridized carbons (Fsp3) is 0.440. The second-order valence-electron chi connectivity index (χ2n) is 8.32. The van der Waals surface area contributed by atoms with Crippen molar-refractivity contribution in [1.29, 1.82) is 0 Å². The maximum atomic E-state index is 12.9. The molecule has 31 heavy (non-hydrogen) atoms. The Labute approximate surface area is 184 Å². The third-order valence-electron chi connectivity index (χ3n) is 6.23. The molecule has 1 heterocycles. The predicted molar refractivity (Wildman–Crippen MR) is 121 cm³/mol. The Kier molecular flexibility index (Phi) is 7.93. The number of likely N-dealkylation sites (tertiary alicyclic amines) is 1. The average Bonchev–Trinajstić information content (AvgIpc) is 2.78. The van der Waals surface area contributed by atoms with E-state index in [1.807, 2.05) is 47.4 Å². The van der Waals surface area contributed by atoms with Crippen molar-refractivity contribution in [3.63, 3.8) is 0 Å². The Morgan fingerprint density at radius 3 is 2.45 bits per heavy atom. The number of carboxylic acid groups (broad SMARTS) is 1. The summed E-state index contributed by atoms with van der Waals surface area (Å²) in [5.41, 5.74) is 2.10. The van der Waals surface area contributed by atoms with Crippen LogP contribution in [-0.4, -0.2) is 55.7 Å². The minimum absolute atomic E-state index is 0.0976. The van der Waals surface area contributed by atoms with Gasteiger partial charge in [-0.25, -0.2) is 0 Å². The van der Waals surface area contributed by atoms with Crippen LogP contribution >= 0.6 is 0 Å². The highest BCUT2D eigenvalue weighted by molar-refractivity contribution is 5.79. The number of para-hydroxylation sites is 1. The van der Waals surface area contributed by atoms with Crippen molar-refractivity contribution < 1.29 is 19.4 Å². The van der Waals surface area contributed by atoms with Crippen molar-refractivity contribution in [3.8, 4) is 5.75 Å². The molecule has 166 valence electrons. The number of aliphatic carboxylic acids is 1. The molecule has 1 saturated heterocycles. The third kappa shape index (κ3) is 6.48. The van der Waals surface area contributed by atoms with E-state index in [0.717, 1.165) is 36.4 Å². The summed E-state index contributed by atoms with van der Waals surface area (Å²) in [5.74, 6) is 0.389. The second kappa shape index (κ2) is 10.8. The normalized spacial score (nSPS) is 18.5. The largest absolute Gasteiger partial charge is 0.497 e. The number of nitrogens with zero attached hydrogens (tertiary/aromatic N) is 2. The summed E-state index contributed by atoms with van der Waals surface area (Å²) in [6.45, 7) is 2.07. The second-order valence-corrected chi connectivity index (χ2v) is 8.32. The first-order valence-corrected chi connectivity index (χ1v) is 10.8. The highest BCUT2D eigenvalue weighted by atomic mass is 16.5. The first-order chi connectivity index (χ1) is 15.0. The molecule has 0 bridgehead atoms. The number of benzene rings is 2. The van der Waals surface area contributed by atoms with Gasteiger partial charge in [0, 0.05) is 38.8 Å². The number of hydrogen-bond acceptors (Lipinski definition) is 4. The monoisotopic (exact) mass is 424 g/mol. The molecule has 1 N–H and O–H groups in total. The lowest BCUT2D eigenvalue weighted by Crippen LogP contribution is -2.45. The number of hydrogen-bond donors (Lipinski definition) is 1. The molecule has 2 aromatic carbocycles. The first-order valence-electron chi connectivity index (χ1n) is 10.8. The summed E-state index contributed by atoms with van der Waals surface area (Å²) in [7, 11) is 3.67. The SMILES string of the molecule is COc1ccc(CC(=O)N2CC[C@@H](CC(=O)O)[C@@H](CCN(C)c3ccccc3)C2)cc1. The first kappa shape index (κ1) is 22.7. The number of ether oxygens (including phenoxy) is 1. The van der Waals surface area contributed by atoms with Gasteiger partial charge >= 0.3 is 5.97 Å². The Balaban J connectivity index is 1.61. The molecule has 2 aromatic rings. The Morgan fingerprint density at radius 1 is 1.10 bits per heavy atom. The lowest BCUT2D eigenvalue weighted by atomic mass is 9.81. The van der Waals surface area contributed by atoms with Crippen molar-refractivity contribution in [2.45, 2.75) is 25.7 Å². The molecule has 0 radical (unpaired) electrons. The number of carboxylic acids is 1. The molecule has 1 amide bonds. The maximum absolute atomic E-state index is 12.9. The number of methoxy groups -OCH3 is 1. The highest BCUT2D eigenvalue weighted by Gasteiger charge is 2.32. The molecule has 3 rings (SSSR count). The van der Waals surface area contributed by atoms with Gasteiger partial charge in [0.2, 0.25) is 5.91 Å². The van der Waals surface area contributed by atoms with Gasteiger partial charge in [-0.15, -0.1) is 0 Å². The minimum atomic E-state index is -0.760. The van der Waals surface area contributed by atoms with Crippen LogP contribution in [0.15, 0.2) is 54.6 Å². The molecular weight excluding hydrogens is 392 g/mol. The molecule has 6 nitrogen and oxygen atoms in total. The molecule has 0 aliphatic carbocycles. The van der Waals surface area contributed by atoms with Gasteiger partial charge in [0.05, 0.1) is 13.5 Å². The molecule has 0 aromatic heterocycles. The van der Waals surface area contributed by atoms with E-state index in [2.05, 4.69) is 24.1 Å². The average molecular weight is 425 g/mol. The van der Waals surface area contributed by atoms with E-state index in [0.29, 0.717) is 19.5 Å². The zero-order chi connectivity index (χ0) is 22.2. The molecule has 6 heteroatoms. The van der Waals surface area contributed by atoms with E-state index in [1.165, 1.54) is 0 Å². The van der Waals surface area contributed by atoms with Gasteiger partial charge in [0.25, 0.3) is 0 Å². The summed E-state index contributed by atoms with van der Waals surface area (Å²) in [6.07, 6.45) is 2.11. The van der Waals surface area contributed by atoms with Crippen LogP contribution in [0.1, 0.15) is 24.8 Å². The summed E-state index contributed by atoms with van der Waals surface area (Å²) < 4.78 is 5.18. The Morgan fingerprint density at radius 2 is 1.81 bits per heavy atom. The van der Waals surface area contributed by atoms with Crippen molar-refractivity contribution >= 4 is 17.6 Å². The molecule has 0 unspecified atom stereocenters. The maximum Gasteiger partial charge on any atom is 0.303 e. The van der Waals surface area contributed by atoms with Gasteiger partial charge in [-0.2, -0.15) is 0 Å². The van der Waals surface area contributed by atoms with Crippen LogP contribution in [0.2, 0.25) is 0 Å². The van der Waals surface area contributed by atoms with Crippen molar-refractivity contribution in [2.24, 2.45) is 11.8 Å². The molecule has 1 fully saturated rings. The topological polar surface area (TPSA) is 70.1 Å². The predicted octanol–water partition coefficient (Wildman–Crippen LogP) is 3.70. The molecule has 2 atom stereocenters. The summed E-state index contributed by atoms with van der Waals surface area (Å²) in [6, 6.07) is 17.7. The summed E-state index contributed by atoms with van der Waals surface area (Å²) in [4.78, 5) is 28.4. The number of anilines is 1. The van der Waals surface area contributed by atoms with Gasteiger partial charge in [-0.1, -0.05) is 30.3 Å². The van der Waals surface area contributed by atoms with Crippen LogP contribution in [0.4, 0.5) is 5.69 Å². The molecule has 0 saturated carbocycles. The lowest BCUT2D eigenvalue weighted by Gasteiger charge is -2.39. The van der Waals surface area contributed by atoms with Crippen molar-refractivity contribution in [3.05, 3.63) is 60.2 Å². The molecule has 1 aliphatic rings. The van der Waals surface area contributed by atoms with E-state index >= 15 is 0 Å². The van der Waals surface area contributed by atoms with Gasteiger partial charge in [-0.3, -0.25) is 9.59 Å². The number of piperidine rings is 1. The number of rotatable bonds is 9. The van der Waals surface area contributed by atoms with Crippen molar-refractivity contribution in [2.75, 3.05) is 38.7 Å². The van der Waals surface area contributed by atoms with Gasteiger partial charge in [0.15, 0.2) is 0 Å². The molecule has 0 spiro atoms. The quantitative estimate of drug-likeness (QED) is 0.665. The van der Waals surface area contributed by atoms with Crippen LogP contribution in [0.3, 0.4) is 0 Å². The van der Waals surface area contributed by atoms with E-state index in [4.69, 9.17) is 4.74 Å². The number of amides is 1. The minimum Gasteiger partial charge on any atom is -0.497 e. The number of carbonyl (C=O) groups is 2. The standard InChI is InChI=1S/C25H32N2O4/c1-26(22-6-4-3-5-7-22)14-12-21-18-27(15-13-20(21)17-25(29)30)24(28)16-19-8-10-23(31-2)11-9-19/h3-11,20-21H,12-18H2,1-2H3,(H,29,30)/t20-,21-/m0/s1. The van der Waals surface area contributed by atoms with Crippen LogP contribution in [0.5, 0.6) is 5.75 Å². The molecule has 1 aliphatic heterocycles. The summed E-state index contributed by atoms with van der Waals surface area (Å²) >= 11 is 0. The zero-order valence-electron chi connectivity index (χ0n) is 18.4. The van der Waals surface area contributed by atoms with Gasteiger partial charge < -0.3 is 19.6 Å². The fourth-order valence-corrected chi connectivity index (χ4v) is 4.33. The smallest absolute Gasteiger partial charge is 0.303 e. The van der Waals surface area contributed by atoms with Crippen LogP contribution in [-0.2, 0) is 16.0 Å². The van der Waals surface area contributed by atoms with E-state index in [-0.39, 0.29) is 24.2 Å². The van der Waals surface area contributed by atoms with Crippen LogP contribution in [0.25, 0.3) is 0 Å². The zero-order valence-corrected chi connectivity index (χ0v) is 18.4. The highest BCUT2D eigenvalue weighted by Crippen LogP contribution is 2.30. The van der Waals surface area contributed by atoms with E-state index in [1.54, 1.807) is 7.11 Å².